The van der Waals surface area contributed by atoms with Gasteiger partial charge in [-0.1, -0.05) is 31.4 Å². The Balaban J connectivity index is 2.06. The lowest BCUT2D eigenvalue weighted by Gasteiger charge is -2.31. The molecule has 3 nitrogen and oxygen atoms in total. The molecule has 0 amide bonds. The van der Waals surface area contributed by atoms with Crippen molar-refractivity contribution in [3.63, 3.8) is 0 Å². The Kier molecular flexibility index (Phi) is 5.28. The van der Waals surface area contributed by atoms with Gasteiger partial charge in [0.25, 0.3) is 0 Å². The van der Waals surface area contributed by atoms with Gasteiger partial charge in [0.05, 0.1) is 5.69 Å². The molecule has 19 heavy (non-hydrogen) atoms. The molecule has 0 aromatic carbocycles. The molecule has 0 bridgehead atoms. The van der Waals surface area contributed by atoms with Gasteiger partial charge in [-0.15, -0.1) is 0 Å². The molecule has 2 unspecified atom stereocenters. The minimum Gasteiger partial charge on any atom is -0.317 e. The van der Waals surface area contributed by atoms with Crippen molar-refractivity contribution in [1.29, 1.82) is 0 Å². The van der Waals surface area contributed by atoms with E-state index in [4.69, 9.17) is 11.6 Å². The third-order valence-corrected chi connectivity index (χ3v) is 4.93. The first-order valence-corrected chi connectivity index (χ1v) is 7.90. The number of nitrogens with zero attached hydrogens (tertiary/aromatic N) is 2. The first-order chi connectivity index (χ1) is 9.13. The summed E-state index contributed by atoms with van der Waals surface area (Å²) in [6.07, 6.45) is 6.53. The van der Waals surface area contributed by atoms with Gasteiger partial charge < -0.3 is 5.32 Å². The number of aryl methyl sites for hydroxylation is 2. The minimum atomic E-state index is 0.758. The predicted molar refractivity (Wildman–Crippen MR) is 80.7 cm³/mol. The SMILES string of the molecule is CCNCC1CCCCC1Cc1c(C)nn(C)c1Cl. The lowest BCUT2D eigenvalue weighted by atomic mass is 9.76. The number of rotatable bonds is 5. The van der Waals surface area contributed by atoms with Crippen molar-refractivity contribution in [1.82, 2.24) is 15.1 Å². The average Bonchev–Trinajstić information content (AvgIpc) is 2.64. The van der Waals surface area contributed by atoms with Crippen LogP contribution in [0.5, 0.6) is 0 Å². The van der Waals surface area contributed by atoms with Crippen LogP contribution in [-0.2, 0) is 13.5 Å². The normalized spacial score (nSPS) is 23.8. The first kappa shape index (κ1) is 14.9. The van der Waals surface area contributed by atoms with Gasteiger partial charge in [-0.2, -0.15) is 5.10 Å². The lowest BCUT2D eigenvalue weighted by molar-refractivity contribution is 0.229. The van der Waals surface area contributed by atoms with Crippen molar-refractivity contribution in [2.75, 3.05) is 13.1 Å². The Bertz CT molecular complexity index is 414. The monoisotopic (exact) mass is 283 g/mol. The van der Waals surface area contributed by atoms with Crippen LogP contribution in [0.2, 0.25) is 5.15 Å². The Morgan fingerprint density at radius 1 is 1.32 bits per heavy atom. The fraction of sp³-hybridized carbons (Fsp3) is 0.800. The van der Waals surface area contributed by atoms with Crippen molar-refractivity contribution >= 4 is 11.6 Å². The lowest BCUT2D eigenvalue weighted by Crippen LogP contribution is -2.31. The van der Waals surface area contributed by atoms with E-state index in [1.54, 1.807) is 4.68 Å². The summed E-state index contributed by atoms with van der Waals surface area (Å²) in [6, 6.07) is 0. The summed E-state index contributed by atoms with van der Waals surface area (Å²) >= 11 is 6.37. The quantitative estimate of drug-likeness (QED) is 0.898. The molecular formula is C15H26ClN3. The van der Waals surface area contributed by atoms with E-state index in [1.807, 2.05) is 7.05 Å². The van der Waals surface area contributed by atoms with Crippen LogP contribution in [-0.4, -0.2) is 22.9 Å². The molecule has 0 aliphatic heterocycles. The molecule has 1 aromatic rings. The van der Waals surface area contributed by atoms with E-state index in [9.17, 15) is 0 Å². The summed E-state index contributed by atoms with van der Waals surface area (Å²) in [6.45, 7) is 6.47. The maximum atomic E-state index is 6.37. The van der Waals surface area contributed by atoms with Gasteiger partial charge in [0.1, 0.15) is 5.15 Å². The van der Waals surface area contributed by atoms with Gasteiger partial charge in [-0.3, -0.25) is 4.68 Å². The van der Waals surface area contributed by atoms with Crippen LogP contribution >= 0.6 is 11.6 Å². The molecule has 1 N–H and O–H groups in total. The van der Waals surface area contributed by atoms with E-state index in [-0.39, 0.29) is 0 Å². The molecule has 1 heterocycles. The molecule has 1 aliphatic rings. The van der Waals surface area contributed by atoms with E-state index in [2.05, 4.69) is 24.3 Å². The van der Waals surface area contributed by atoms with Crippen LogP contribution in [0.25, 0.3) is 0 Å². The topological polar surface area (TPSA) is 29.9 Å². The molecule has 4 heteroatoms. The summed E-state index contributed by atoms with van der Waals surface area (Å²) in [5, 5.41) is 8.77. The highest BCUT2D eigenvalue weighted by molar-refractivity contribution is 6.30. The second-order valence-electron chi connectivity index (χ2n) is 5.79. The second-order valence-corrected chi connectivity index (χ2v) is 6.15. The Morgan fingerprint density at radius 2 is 2.00 bits per heavy atom. The standard InChI is InChI=1S/C15H26ClN3/c1-4-17-10-13-8-6-5-7-12(13)9-14-11(2)18-19(3)15(14)16/h12-13,17H,4-10H2,1-3H3. The molecule has 0 radical (unpaired) electrons. The molecule has 1 saturated carbocycles. The van der Waals surface area contributed by atoms with E-state index in [0.29, 0.717) is 0 Å². The number of nitrogens with one attached hydrogen (secondary N) is 1. The van der Waals surface area contributed by atoms with Gasteiger partial charge in [-0.05, 0) is 51.1 Å². The van der Waals surface area contributed by atoms with Crippen LogP contribution < -0.4 is 5.32 Å². The van der Waals surface area contributed by atoms with Crippen molar-refractivity contribution in [3.8, 4) is 0 Å². The maximum Gasteiger partial charge on any atom is 0.130 e. The molecular weight excluding hydrogens is 258 g/mol. The molecule has 1 aliphatic carbocycles. The van der Waals surface area contributed by atoms with Gasteiger partial charge in [0.15, 0.2) is 0 Å². The molecule has 0 saturated heterocycles. The Labute approximate surface area is 121 Å². The highest BCUT2D eigenvalue weighted by Crippen LogP contribution is 2.34. The summed E-state index contributed by atoms with van der Waals surface area (Å²) < 4.78 is 1.80. The van der Waals surface area contributed by atoms with Crippen molar-refractivity contribution < 1.29 is 0 Å². The van der Waals surface area contributed by atoms with Gasteiger partial charge in [-0.25, -0.2) is 0 Å². The first-order valence-electron chi connectivity index (χ1n) is 7.52. The van der Waals surface area contributed by atoms with Gasteiger partial charge in [0, 0.05) is 12.6 Å². The second kappa shape index (κ2) is 6.76. The smallest absolute Gasteiger partial charge is 0.130 e. The summed E-state index contributed by atoms with van der Waals surface area (Å²) in [5.74, 6) is 1.55. The maximum absolute atomic E-state index is 6.37. The molecule has 0 spiro atoms. The zero-order valence-corrected chi connectivity index (χ0v) is 13.1. The predicted octanol–water partition coefficient (Wildman–Crippen LogP) is 3.34. The fourth-order valence-corrected chi connectivity index (χ4v) is 3.57. The van der Waals surface area contributed by atoms with Crippen LogP contribution in [0, 0.1) is 18.8 Å². The Morgan fingerprint density at radius 3 is 2.58 bits per heavy atom. The molecule has 1 aromatic heterocycles. The molecule has 1 fully saturated rings. The van der Waals surface area contributed by atoms with E-state index < -0.39 is 0 Å². The van der Waals surface area contributed by atoms with Crippen LogP contribution in [0.4, 0.5) is 0 Å². The third-order valence-electron chi connectivity index (χ3n) is 4.46. The summed E-state index contributed by atoms with van der Waals surface area (Å²) in [4.78, 5) is 0. The van der Waals surface area contributed by atoms with E-state index >= 15 is 0 Å². The van der Waals surface area contributed by atoms with Gasteiger partial charge in [0.2, 0.25) is 0 Å². The van der Waals surface area contributed by atoms with Crippen LogP contribution in [0.15, 0.2) is 0 Å². The summed E-state index contributed by atoms with van der Waals surface area (Å²) in [5.41, 5.74) is 2.36. The number of hydrogen-bond acceptors (Lipinski definition) is 2. The zero-order valence-electron chi connectivity index (χ0n) is 12.4. The Hall–Kier alpha value is -0.540. The van der Waals surface area contributed by atoms with Crippen LogP contribution in [0.1, 0.15) is 43.9 Å². The number of halogens is 1. The van der Waals surface area contributed by atoms with Crippen molar-refractivity contribution in [2.24, 2.45) is 18.9 Å². The number of hydrogen-bond donors (Lipinski definition) is 1. The van der Waals surface area contributed by atoms with Crippen molar-refractivity contribution in [2.45, 2.75) is 46.0 Å². The van der Waals surface area contributed by atoms with E-state index in [1.165, 1.54) is 31.2 Å². The molecule has 2 atom stereocenters. The minimum absolute atomic E-state index is 0.758. The highest BCUT2D eigenvalue weighted by atomic mass is 35.5. The molecule has 2 rings (SSSR count). The highest BCUT2D eigenvalue weighted by Gasteiger charge is 2.27. The van der Waals surface area contributed by atoms with E-state index in [0.717, 1.165) is 42.2 Å². The largest absolute Gasteiger partial charge is 0.317 e. The summed E-state index contributed by atoms with van der Waals surface area (Å²) in [7, 11) is 1.93. The third kappa shape index (κ3) is 3.51. The zero-order chi connectivity index (χ0) is 13.8. The fourth-order valence-electron chi connectivity index (χ4n) is 3.32. The average molecular weight is 284 g/mol. The van der Waals surface area contributed by atoms with Crippen LogP contribution in [0.3, 0.4) is 0 Å². The van der Waals surface area contributed by atoms with Crippen molar-refractivity contribution in [3.05, 3.63) is 16.4 Å². The van der Waals surface area contributed by atoms with Gasteiger partial charge >= 0.3 is 0 Å². The molecule has 108 valence electrons. The number of aromatic nitrogens is 2.